The van der Waals surface area contributed by atoms with Crippen LogP contribution in [-0.4, -0.2) is 53.7 Å². The maximum Gasteiger partial charge on any atom is 0.176 e. The van der Waals surface area contributed by atoms with Crippen LogP contribution < -0.4 is 0 Å². The molecule has 1 saturated heterocycles. The largest absolute Gasteiger partial charge is 0.394 e. The highest BCUT2D eigenvalue weighted by molar-refractivity contribution is 5.97. The third-order valence-corrected chi connectivity index (χ3v) is 3.50. The first kappa shape index (κ1) is 15.2. The quantitative estimate of drug-likeness (QED) is 0.850. The van der Waals surface area contributed by atoms with E-state index in [-0.39, 0.29) is 24.1 Å². The molecule has 1 heterocycles. The molecule has 0 spiro atoms. The Kier molecular flexibility index (Phi) is 4.58. The Morgan fingerprint density at radius 1 is 1.40 bits per heavy atom. The number of hydrogen-bond acceptors (Lipinski definition) is 4. The van der Waals surface area contributed by atoms with Crippen molar-refractivity contribution < 1.29 is 14.6 Å². The lowest BCUT2D eigenvalue weighted by Gasteiger charge is -2.42. The summed E-state index contributed by atoms with van der Waals surface area (Å²) in [5.41, 5.74) is 1.55. The SMILES string of the molecule is Cc1ccc(C(=O)CN2CC(CO)OC(C)(C)C2)cc1. The molecule has 0 saturated carbocycles. The van der Waals surface area contributed by atoms with Crippen LogP contribution in [-0.2, 0) is 4.74 Å². The van der Waals surface area contributed by atoms with E-state index >= 15 is 0 Å². The van der Waals surface area contributed by atoms with Crippen LogP contribution in [0.2, 0.25) is 0 Å². The number of hydrogen-bond donors (Lipinski definition) is 1. The van der Waals surface area contributed by atoms with E-state index in [4.69, 9.17) is 4.74 Å². The molecule has 4 heteroatoms. The van der Waals surface area contributed by atoms with Crippen LogP contribution in [0.4, 0.5) is 0 Å². The van der Waals surface area contributed by atoms with E-state index in [1.165, 1.54) is 0 Å². The topological polar surface area (TPSA) is 49.8 Å². The highest BCUT2D eigenvalue weighted by atomic mass is 16.5. The van der Waals surface area contributed by atoms with Gasteiger partial charge in [-0.25, -0.2) is 0 Å². The molecule has 1 aliphatic heterocycles. The van der Waals surface area contributed by atoms with Gasteiger partial charge in [0.2, 0.25) is 0 Å². The second-order valence-electron chi connectivity index (χ2n) is 6.14. The fourth-order valence-corrected chi connectivity index (χ4v) is 2.67. The lowest BCUT2D eigenvalue weighted by molar-refractivity contribution is -0.146. The minimum absolute atomic E-state index is 0.0152. The summed E-state index contributed by atoms with van der Waals surface area (Å²) in [7, 11) is 0. The molecule has 0 radical (unpaired) electrons. The molecule has 4 nitrogen and oxygen atoms in total. The van der Waals surface area contributed by atoms with Crippen LogP contribution in [0.25, 0.3) is 0 Å². The highest BCUT2D eigenvalue weighted by Gasteiger charge is 2.33. The Bertz CT molecular complexity index is 467. The van der Waals surface area contributed by atoms with Gasteiger partial charge < -0.3 is 9.84 Å². The summed E-state index contributed by atoms with van der Waals surface area (Å²) in [4.78, 5) is 14.3. The van der Waals surface area contributed by atoms with Gasteiger partial charge in [0.1, 0.15) is 0 Å². The number of ketones is 1. The number of carbonyl (C=O) groups excluding carboxylic acids is 1. The van der Waals surface area contributed by atoms with Crippen molar-refractivity contribution in [1.29, 1.82) is 0 Å². The number of nitrogens with zero attached hydrogens (tertiary/aromatic N) is 1. The van der Waals surface area contributed by atoms with Gasteiger partial charge in [-0.3, -0.25) is 9.69 Å². The second-order valence-corrected chi connectivity index (χ2v) is 6.14. The van der Waals surface area contributed by atoms with E-state index in [2.05, 4.69) is 4.90 Å². The molecule has 2 rings (SSSR count). The molecule has 1 fully saturated rings. The molecule has 1 aliphatic rings. The van der Waals surface area contributed by atoms with Gasteiger partial charge in [-0.2, -0.15) is 0 Å². The van der Waals surface area contributed by atoms with Crippen LogP contribution in [0.15, 0.2) is 24.3 Å². The maximum atomic E-state index is 12.3. The molecule has 1 aromatic carbocycles. The van der Waals surface area contributed by atoms with Crippen molar-refractivity contribution in [2.24, 2.45) is 0 Å². The zero-order valence-electron chi connectivity index (χ0n) is 12.4. The minimum Gasteiger partial charge on any atom is -0.394 e. The monoisotopic (exact) mass is 277 g/mol. The Hall–Kier alpha value is -1.23. The lowest BCUT2D eigenvalue weighted by atomic mass is 10.0. The van der Waals surface area contributed by atoms with Gasteiger partial charge in [0, 0.05) is 18.7 Å². The molecular weight excluding hydrogens is 254 g/mol. The van der Waals surface area contributed by atoms with Crippen molar-refractivity contribution in [3.8, 4) is 0 Å². The van der Waals surface area contributed by atoms with E-state index in [0.29, 0.717) is 19.6 Å². The van der Waals surface area contributed by atoms with Crippen molar-refractivity contribution in [3.63, 3.8) is 0 Å². The van der Waals surface area contributed by atoms with Crippen LogP contribution in [0.1, 0.15) is 29.8 Å². The van der Waals surface area contributed by atoms with Crippen molar-refractivity contribution >= 4 is 5.78 Å². The van der Waals surface area contributed by atoms with Crippen LogP contribution in [0.5, 0.6) is 0 Å². The molecule has 1 N–H and O–H groups in total. The number of benzene rings is 1. The Labute approximate surface area is 120 Å². The number of aliphatic hydroxyl groups excluding tert-OH is 1. The Morgan fingerprint density at radius 3 is 2.65 bits per heavy atom. The van der Waals surface area contributed by atoms with Crippen molar-refractivity contribution in [2.75, 3.05) is 26.2 Å². The summed E-state index contributed by atoms with van der Waals surface area (Å²) < 4.78 is 5.75. The Morgan fingerprint density at radius 2 is 2.05 bits per heavy atom. The number of aliphatic hydroxyl groups is 1. The van der Waals surface area contributed by atoms with Gasteiger partial charge in [0.25, 0.3) is 0 Å². The molecule has 0 aromatic heterocycles. The van der Waals surface area contributed by atoms with Crippen LogP contribution in [0, 0.1) is 6.92 Å². The predicted octanol–water partition coefficient (Wildman–Crippen LogP) is 1.65. The van der Waals surface area contributed by atoms with Gasteiger partial charge in [0.05, 0.1) is 24.9 Å². The minimum atomic E-state index is -0.334. The number of carbonyl (C=O) groups is 1. The average molecular weight is 277 g/mol. The smallest absolute Gasteiger partial charge is 0.176 e. The fraction of sp³-hybridized carbons (Fsp3) is 0.562. The molecule has 1 atom stereocenters. The standard InChI is InChI=1S/C16H23NO3/c1-12-4-6-13(7-5-12)15(19)9-17-8-14(10-18)20-16(2,3)11-17/h4-7,14,18H,8-11H2,1-3H3. The van der Waals surface area contributed by atoms with Crippen molar-refractivity contribution in [3.05, 3.63) is 35.4 Å². The third-order valence-electron chi connectivity index (χ3n) is 3.50. The summed E-state index contributed by atoms with van der Waals surface area (Å²) >= 11 is 0. The summed E-state index contributed by atoms with van der Waals surface area (Å²) in [6.07, 6.45) is -0.218. The number of rotatable bonds is 4. The predicted molar refractivity (Wildman–Crippen MR) is 78.0 cm³/mol. The molecule has 110 valence electrons. The van der Waals surface area contributed by atoms with Gasteiger partial charge >= 0.3 is 0 Å². The normalized spacial score (nSPS) is 22.7. The molecule has 0 bridgehead atoms. The van der Waals surface area contributed by atoms with E-state index in [9.17, 15) is 9.90 Å². The van der Waals surface area contributed by atoms with Crippen molar-refractivity contribution in [1.82, 2.24) is 4.90 Å². The van der Waals surface area contributed by atoms with E-state index in [0.717, 1.165) is 11.1 Å². The highest BCUT2D eigenvalue weighted by Crippen LogP contribution is 2.21. The van der Waals surface area contributed by atoms with E-state index < -0.39 is 0 Å². The summed E-state index contributed by atoms with van der Waals surface area (Å²) in [6.45, 7) is 7.62. The average Bonchev–Trinajstić information content (AvgIpc) is 2.37. The Balaban J connectivity index is 2.01. The molecule has 1 unspecified atom stereocenters. The summed E-state index contributed by atoms with van der Waals surface area (Å²) in [5.74, 6) is 0.111. The zero-order valence-corrected chi connectivity index (χ0v) is 12.4. The first-order chi connectivity index (χ1) is 9.39. The zero-order chi connectivity index (χ0) is 14.8. The van der Waals surface area contributed by atoms with Crippen molar-refractivity contribution in [2.45, 2.75) is 32.5 Å². The second kappa shape index (κ2) is 6.04. The molecule has 0 amide bonds. The summed E-state index contributed by atoms with van der Waals surface area (Å²) in [6, 6.07) is 7.64. The summed E-state index contributed by atoms with van der Waals surface area (Å²) in [5, 5.41) is 9.29. The third kappa shape index (κ3) is 3.88. The van der Waals surface area contributed by atoms with Gasteiger partial charge in [0.15, 0.2) is 5.78 Å². The molecule has 0 aliphatic carbocycles. The number of ether oxygens (including phenoxy) is 1. The van der Waals surface area contributed by atoms with Gasteiger partial charge in [-0.1, -0.05) is 29.8 Å². The first-order valence-electron chi connectivity index (χ1n) is 7.00. The molecule has 20 heavy (non-hydrogen) atoms. The first-order valence-corrected chi connectivity index (χ1v) is 7.00. The van der Waals surface area contributed by atoms with E-state index in [1.54, 1.807) is 0 Å². The lowest BCUT2D eigenvalue weighted by Crippen LogP contribution is -2.54. The molecule has 1 aromatic rings. The number of aryl methyl sites for hydroxylation is 1. The van der Waals surface area contributed by atoms with E-state index in [1.807, 2.05) is 45.0 Å². The van der Waals surface area contributed by atoms with Crippen LogP contribution >= 0.6 is 0 Å². The molecular formula is C16H23NO3. The fourth-order valence-electron chi connectivity index (χ4n) is 2.67. The van der Waals surface area contributed by atoms with Gasteiger partial charge in [-0.05, 0) is 20.8 Å². The van der Waals surface area contributed by atoms with Crippen LogP contribution in [0.3, 0.4) is 0 Å². The van der Waals surface area contributed by atoms with Gasteiger partial charge in [-0.15, -0.1) is 0 Å². The number of morpholine rings is 1. The number of Topliss-reactive ketones (excluding diaryl/α,β-unsaturated/α-hetero) is 1. The maximum absolute atomic E-state index is 12.3.